The molecule has 2 nitrogen and oxygen atoms in total. The number of rotatable bonds is 4. The van der Waals surface area contributed by atoms with Crippen LogP contribution in [0.3, 0.4) is 0 Å². The van der Waals surface area contributed by atoms with Crippen LogP contribution in [0.5, 0.6) is 0 Å². The fourth-order valence-electron chi connectivity index (χ4n) is 1.64. The lowest BCUT2D eigenvalue weighted by atomic mass is 9.94. The Kier molecular flexibility index (Phi) is 4.64. The van der Waals surface area contributed by atoms with E-state index in [1.807, 2.05) is 11.8 Å². The van der Waals surface area contributed by atoms with Crippen molar-refractivity contribution in [3.8, 4) is 0 Å². The molecule has 3 heteroatoms. The number of carboxylic acid groups (broad SMARTS) is 1. The highest BCUT2D eigenvalue weighted by Crippen LogP contribution is 2.27. The van der Waals surface area contributed by atoms with Gasteiger partial charge in [-0.2, -0.15) is 11.8 Å². The normalized spacial score (nSPS) is 25.5. The Hall–Kier alpha value is -0.180. The number of hydrogen-bond donors (Lipinski definition) is 1. The fourth-order valence-corrected chi connectivity index (χ4v) is 2.85. The molecule has 1 aliphatic heterocycles. The van der Waals surface area contributed by atoms with Crippen molar-refractivity contribution in [2.24, 2.45) is 11.8 Å². The molecule has 0 spiro atoms. The van der Waals surface area contributed by atoms with Crippen molar-refractivity contribution < 1.29 is 9.90 Å². The molecule has 2 unspecified atom stereocenters. The van der Waals surface area contributed by atoms with Gasteiger partial charge < -0.3 is 5.11 Å². The highest BCUT2D eigenvalue weighted by atomic mass is 32.2. The van der Waals surface area contributed by atoms with Crippen molar-refractivity contribution in [2.45, 2.75) is 32.6 Å². The minimum atomic E-state index is -0.650. The Balaban J connectivity index is 2.13. The Bertz CT molecular complexity index is 164. The van der Waals surface area contributed by atoms with Crippen LogP contribution < -0.4 is 0 Å². The zero-order valence-corrected chi connectivity index (χ0v) is 8.98. The van der Waals surface area contributed by atoms with Crippen molar-refractivity contribution >= 4 is 17.7 Å². The summed E-state index contributed by atoms with van der Waals surface area (Å²) in [6.07, 6.45) is 4.57. The van der Waals surface area contributed by atoms with Crippen molar-refractivity contribution in [1.29, 1.82) is 0 Å². The largest absolute Gasteiger partial charge is 0.481 e. The van der Waals surface area contributed by atoms with Gasteiger partial charge in [0.05, 0.1) is 5.92 Å². The summed E-state index contributed by atoms with van der Waals surface area (Å²) in [6, 6.07) is 0. The highest BCUT2D eigenvalue weighted by Gasteiger charge is 2.17. The van der Waals surface area contributed by atoms with Gasteiger partial charge in [0.2, 0.25) is 0 Å². The molecule has 1 saturated heterocycles. The van der Waals surface area contributed by atoms with Gasteiger partial charge in [-0.1, -0.05) is 6.92 Å². The Morgan fingerprint density at radius 3 is 3.00 bits per heavy atom. The molecule has 0 bridgehead atoms. The molecule has 1 heterocycles. The second-order valence-corrected chi connectivity index (χ2v) is 5.05. The molecule has 1 N–H and O–H groups in total. The first-order valence-electron chi connectivity index (χ1n) is 5.00. The fraction of sp³-hybridized carbons (Fsp3) is 0.900. The van der Waals surface area contributed by atoms with Crippen molar-refractivity contribution in [2.75, 3.05) is 11.5 Å². The smallest absolute Gasteiger partial charge is 0.306 e. The molecule has 13 heavy (non-hydrogen) atoms. The van der Waals surface area contributed by atoms with Gasteiger partial charge in [-0.25, -0.2) is 0 Å². The zero-order chi connectivity index (χ0) is 9.68. The molecule has 1 aliphatic rings. The summed E-state index contributed by atoms with van der Waals surface area (Å²) in [6.45, 7) is 1.80. The number of carbonyl (C=O) groups is 1. The third-order valence-electron chi connectivity index (χ3n) is 2.68. The standard InChI is InChI=1S/C10H18O2S/c1-8(10(11)12)4-5-9-3-2-6-13-7-9/h8-9H,2-7H2,1H3,(H,11,12). The van der Waals surface area contributed by atoms with Gasteiger partial charge in [-0.15, -0.1) is 0 Å². The molecule has 0 saturated carbocycles. The molecule has 0 aliphatic carbocycles. The summed E-state index contributed by atoms with van der Waals surface area (Å²) in [7, 11) is 0. The molecule has 2 atom stereocenters. The van der Waals surface area contributed by atoms with Crippen molar-refractivity contribution in [1.82, 2.24) is 0 Å². The molecule has 76 valence electrons. The summed E-state index contributed by atoms with van der Waals surface area (Å²) in [5.74, 6) is 2.51. The predicted octanol–water partition coefficient (Wildman–Crippen LogP) is 2.63. The molecule has 1 rings (SSSR count). The maximum absolute atomic E-state index is 10.6. The minimum absolute atomic E-state index is 0.160. The molecule has 0 aromatic rings. The Morgan fingerprint density at radius 1 is 1.69 bits per heavy atom. The van der Waals surface area contributed by atoms with Crippen LogP contribution in [-0.2, 0) is 4.79 Å². The van der Waals surface area contributed by atoms with E-state index in [0.717, 1.165) is 18.8 Å². The highest BCUT2D eigenvalue weighted by molar-refractivity contribution is 7.99. The second kappa shape index (κ2) is 5.53. The number of hydrogen-bond acceptors (Lipinski definition) is 2. The third-order valence-corrected chi connectivity index (χ3v) is 3.97. The van der Waals surface area contributed by atoms with Crippen LogP contribution in [0.2, 0.25) is 0 Å². The summed E-state index contributed by atoms with van der Waals surface area (Å²) in [5.41, 5.74) is 0. The van der Waals surface area contributed by atoms with E-state index in [4.69, 9.17) is 5.11 Å². The minimum Gasteiger partial charge on any atom is -0.481 e. The van der Waals surface area contributed by atoms with Gasteiger partial charge in [0.25, 0.3) is 0 Å². The monoisotopic (exact) mass is 202 g/mol. The van der Waals surface area contributed by atoms with Crippen LogP contribution in [0.25, 0.3) is 0 Å². The second-order valence-electron chi connectivity index (χ2n) is 3.90. The van der Waals surface area contributed by atoms with Crippen LogP contribution in [0.15, 0.2) is 0 Å². The van der Waals surface area contributed by atoms with Gasteiger partial charge in [0, 0.05) is 0 Å². The molecule has 0 aromatic carbocycles. The number of aliphatic carboxylic acids is 1. The van der Waals surface area contributed by atoms with Crippen molar-refractivity contribution in [3.63, 3.8) is 0 Å². The first kappa shape index (κ1) is 10.9. The van der Waals surface area contributed by atoms with Gasteiger partial charge in [0.1, 0.15) is 0 Å². The van der Waals surface area contributed by atoms with Gasteiger partial charge in [0.15, 0.2) is 0 Å². The topological polar surface area (TPSA) is 37.3 Å². The Labute approximate surface area is 84.1 Å². The average Bonchev–Trinajstić information content (AvgIpc) is 2.15. The van der Waals surface area contributed by atoms with Gasteiger partial charge >= 0.3 is 5.97 Å². The van der Waals surface area contributed by atoms with E-state index in [9.17, 15) is 4.79 Å². The number of carboxylic acids is 1. The summed E-state index contributed by atoms with van der Waals surface area (Å²) in [5, 5.41) is 8.71. The molecule has 0 aromatic heterocycles. The number of thioether (sulfide) groups is 1. The van der Waals surface area contributed by atoms with E-state index < -0.39 is 5.97 Å². The maximum Gasteiger partial charge on any atom is 0.306 e. The first-order valence-corrected chi connectivity index (χ1v) is 6.16. The lowest BCUT2D eigenvalue weighted by Gasteiger charge is -2.21. The lowest BCUT2D eigenvalue weighted by Crippen LogP contribution is -2.15. The van der Waals surface area contributed by atoms with E-state index in [0.29, 0.717) is 0 Å². The van der Waals surface area contributed by atoms with Gasteiger partial charge in [-0.3, -0.25) is 4.79 Å². The maximum atomic E-state index is 10.6. The molecule has 1 fully saturated rings. The van der Waals surface area contributed by atoms with E-state index in [1.165, 1.54) is 24.3 Å². The molecule has 0 radical (unpaired) electrons. The molecular weight excluding hydrogens is 184 g/mol. The summed E-state index contributed by atoms with van der Waals surface area (Å²) in [4.78, 5) is 10.6. The summed E-state index contributed by atoms with van der Waals surface area (Å²) >= 11 is 2.02. The first-order chi connectivity index (χ1) is 6.20. The van der Waals surface area contributed by atoms with Crippen LogP contribution in [0.4, 0.5) is 0 Å². The van der Waals surface area contributed by atoms with Crippen LogP contribution in [0, 0.1) is 11.8 Å². The zero-order valence-electron chi connectivity index (χ0n) is 8.16. The van der Waals surface area contributed by atoms with E-state index in [2.05, 4.69) is 0 Å². The van der Waals surface area contributed by atoms with Crippen LogP contribution in [0.1, 0.15) is 32.6 Å². The predicted molar refractivity (Wildman–Crippen MR) is 56.1 cm³/mol. The molecule has 0 amide bonds. The lowest BCUT2D eigenvalue weighted by molar-refractivity contribution is -0.141. The SMILES string of the molecule is CC(CCC1CCCSC1)C(=O)O. The van der Waals surface area contributed by atoms with Crippen LogP contribution >= 0.6 is 11.8 Å². The Morgan fingerprint density at radius 2 is 2.46 bits per heavy atom. The van der Waals surface area contributed by atoms with E-state index in [1.54, 1.807) is 6.92 Å². The molecular formula is C10H18O2S. The van der Waals surface area contributed by atoms with Crippen molar-refractivity contribution in [3.05, 3.63) is 0 Å². The van der Waals surface area contributed by atoms with E-state index >= 15 is 0 Å². The van der Waals surface area contributed by atoms with Crippen LogP contribution in [-0.4, -0.2) is 22.6 Å². The van der Waals surface area contributed by atoms with E-state index in [-0.39, 0.29) is 5.92 Å². The average molecular weight is 202 g/mol. The summed E-state index contributed by atoms with van der Waals surface area (Å²) < 4.78 is 0. The third kappa shape index (κ3) is 4.03. The quantitative estimate of drug-likeness (QED) is 0.761. The van der Waals surface area contributed by atoms with Gasteiger partial charge in [-0.05, 0) is 43.1 Å².